The zero-order chi connectivity index (χ0) is 17.5. The maximum atomic E-state index is 12.4. The van der Waals surface area contributed by atoms with E-state index in [2.05, 4.69) is 15.0 Å². The molecule has 1 aromatic heterocycles. The van der Waals surface area contributed by atoms with Crippen molar-refractivity contribution in [2.45, 2.75) is 6.61 Å². The van der Waals surface area contributed by atoms with Crippen LogP contribution in [0, 0.1) is 10.1 Å². The molecule has 0 saturated carbocycles. The van der Waals surface area contributed by atoms with Gasteiger partial charge >= 0.3 is 6.61 Å². The number of non-ortho nitro benzene ring substituents is 1. The standard InChI is InChI=1S/C15H11F2N3O4/c16-15(17)24-13-3-2-12(20(22)23)9-10(13)1-4-14(21)19-11-5-7-18-8-6-11/h1-9,15H,(H,18,19,21). The number of carbonyl (C=O) groups is 1. The summed E-state index contributed by atoms with van der Waals surface area (Å²) in [6.07, 6.45) is 5.17. The second-order valence-corrected chi connectivity index (χ2v) is 4.42. The number of alkyl halides is 2. The van der Waals surface area contributed by atoms with Gasteiger partial charge in [-0.2, -0.15) is 8.78 Å². The van der Waals surface area contributed by atoms with Gasteiger partial charge in [0.2, 0.25) is 5.91 Å². The number of nitrogens with one attached hydrogen (secondary N) is 1. The van der Waals surface area contributed by atoms with E-state index in [0.717, 1.165) is 30.4 Å². The van der Waals surface area contributed by atoms with Gasteiger partial charge in [-0.25, -0.2) is 0 Å². The number of benzene rings is 1. The average Bonchev–Trinajstić information content (AvgIpc) is 2.54. The maximum Gasteiger partial charge on any atom is 0.387 e. The predicted octanol–water partition coefficient (Wildman–Crippen LogP) is 3.24. The Morgan fingerprint density at radius 1 is 1.29 bits per heavy atom. The molecule has 1 heterocycles. The van der Waals surface area contributed by atoms with E-state index in [1.807, 2.05) is 0 Å². The number of carbonyl (C=O) groups excluding carboxylic acids is 1. The van der Waals surface area contributed by atoms with Crippen LogP contribution < -0.4 is 10.1 Å². The van der Waals surface area contributed by atoms with Crippen molar-refractivity contribution in [1.29, 1.82) is 0 Å². The average molecular weight is 335 g/mol. The molecule has 124 valence electrons. The Balaban J connectivity index is 2.20. The normalized spacial score (nSPS) is 10.8. The molecule has 0 aliphatic rings. The first-order chi connectivity index (χ1) is 11.5. The summed E-state index contributed by atoms with van der Waals surface area (Å²) < 4.78 is 29.0. The van der Waals surface area contributed by atoms with Crippen molar-refractivity contribution >= 4 is 23.4 Å². The van der Waals surface area contributed by atoms with Crippen LogP contribution >= 0.6 is 0 Å². The van der Waals surface area contributed by atoms with E-state index in [9.17, 15) is 23.7 Å². The van der Waals surface area contributed by atoms with Crippen LogP contribution in [0.2, 0.25) is 0 Å². The van der Waals surface area contributed by atoms with Gasteiger partial charge < -0.3 is 10.1 Å². The van der Waals surface area contributed by atoms with Gasteiger partial charge in [0.25, 0.3) is 5.69 Å². The fourth-order valence-corrected chi connectivity index (χ4v) is 1.77. The molecular weight excluding hydrogens is 324 g/mol. The maximum absolute atomic E-state index is 12.4. The molecular formula is C15H11F2N3O4. The van der Waals surface area contributed by atoms with Crippen molar-refractivity contribution in [2.24, 2.45) is 0 Å². The van der Waals surface area contributed by atoms with Gasteiger partial charge in [-0.05, 0) is 24.3 Å². The Morgan fingerprint density at radius 2 is 2.00 bits per heavy atom. The molecule has 0 fully saturated rings. The summed E-state index contributed by atoms with van der Waals surface area (Å²) in [7, 11) is 0. The second kappa shape index (κ2) is 7.77. The summed E-state index contributed by atoms with van der Waals surface area (Å²) in [5.74, 6) is -0.820. The van der Waals surface area contributed by atoms with Gasteiger partial charge in [-0.1, -0.05) is 0 Å². The fraction of sp³-hybridized carbons (Fsp3) is 0.0667. The predicted molar refractivity (Wildman–Crippen MR) is 81.6 cm³/mol. The quantitative estimate of drug-likeness (QED) is 0.497. The van der Waals surface area contributed by atoms with E-state index >= 15 is 0 Å². The highest BCUT2D eigenvalue weighted by atomic mass is 19.3. The molecule has 0 unspecified atom stereocenters. The van der Waals surface area contributed by atoms with E-state index in [1.165, 1.54) is 12.4 Å². The summed E-state index contributed by atoms with van der Waals surface area (Å²) in [5, 5.41) is 13.3. The summed E-state index contributed by atoms with van der Waals surface area (Å²) in [4.78, 5) is 25.7. The van der Waals surface area contributed by atoms with Gasteiger partial charge in [0.05, 0.1) is 4.92 Å². The number of anilines is 1. The number of halogens is 2. The zero-order valence-corrected chi connectivity index (χ0v) is 12.1. The molecule has 7 nitrogen and oxygen atoms in total. The monoisotopic (exact) mass is 335 g/mol. The number of nitrogens with zero attached hydrogens (tertiary/aromatic N) is 2. The van der Waals surface area contributed by atoms with Crippen molar-refractivity contribution in [2.75, 3.05) is 5.32 Å². The number of nitro benzene ring substituents is 1. The molecule has 1 amide bonds. The van der Waals surface area contributed by atoms with Crippen molar-refractivity contribution in [3.8, 4) is 5.75 Å². The summed E-state index contributed by atoms with van der Waals surface area (Å²) in [6.45, 7) is -3.09. The van der Waals surface area contributed by atoms with Gasteiger partial charge in [-0.15, -0.1) is 0 Å². The van der Waals surface area contributed by atoms with Crippen LogP contribution in [-0.2, 0) is 4.79 Å². The lowest BCUT2D eigenvalue weighted by Gasteiger charge is -2.07. The van der Waals surface area contributed by atoms with E-state index in [0.29, 0.717) is 5.69 Å². The Labute approximate surface area is 134 Å². The van der Waals surface area contributed by atoms with Crippen LogP contribution in [-0.4, -0.2) is 22.4 Å². The van der Waals surface area contributed by atoms with Crippen LogP contribution in [0.15, 0.2) is 48.8 Å². The third kappa shape index (κ3) is 4.83. The van der Waals surface area contributed by atoms with Crippen LogP contribution in [0.4, 0.5) is 20.2 Å². The molecule has 0 saturated heterocycles. The molecule has 2 rings (SSSR count). The highest BCUT2D eigenvalue weighted by Crippen LogP contribution is 2.26. The molecule has 2 aromatic rings. The Bertz CT molecular complexity index is 767. The molecule has 9 heteroatoms. The summed E-state index contributed by atoms with van der Waals surface area (Å²) >= 11 is 0. The van der Waals surface area contributed by atoms with E-state index in [1.54, 1.807) is 12.1 Å². The molecule has 1 aromatic carbocycles. The molecule has 24 heavy (non-hydrogen) atoms. The van der Waals surface area contributed by atoms with Gasteiger partial charge in [0.15, 0.2) is 0 Å². The number of hydrogen-bond acceptors (Lipinski definition) is 5. The highest BCUT2D eigenvalue weighted by Gasteiger charge is 2.13. The smallest absolute Gasteiger partial charge is 0.387 e. The van der Waals surface area contributed by atoms with Crippen molar-refractivity contribution in [1.82, 2.24) is 4.98 Å². The van der Waals surface area contributed by atoms with Gasteiger partial charge in [-0.3, -0.25) is 19.9 Å². The molecule has 0 aliphatic carbocycles. The SMILES string of the molecule is O=C(C=Cc1cc([N+](=O)[O-])ccc1OC(F)F)Nc1ccncc1. The van der Waals surface area contributed by atoms with E-state index < -0.39 is 17.4 Å². The van der Waals surface area contributed by atoms with E-state index in [4.69, 9.17) is 0 Å². The van der Waals surface area contributed by atoms with Crippen molar-refractivity contribution in [3.63, 3.8) is 0 Å². The fourth-order valence-electron chi connectivity index (χ4n) is 1.77. The number of aromatic nitrogens is 1. The Kier molecular flexibility index (Phi) is 5.50. The summed E-state index contributed by atoms with van der Waals surface area (Å²) in [5.41, 5.74) is 0.155. The van der Waals surface area contributed by atoms with Crippen molar-refractivity contribution in [3.05, 3.63) is 64.5 Å². The first-order valence-corrected chi connectivity index (χ1v) is 6.58. The van der Waals surface area contributed by atoms with Gasteiger partial charge in [0, 0.05) is 41.9 Å². The molecule has 0 radical (unpaired) electrons. The lowest BCUT2D eigenvalue weighted by Crippen LogP contribution is -2.08. The van der Waals surface area contributed by atoms with Crippen LogP contribution in [0.1, 0.15) is 5.56 Å². The van der Waals surface area contributed by atoms with Gasteiger partial charge in [0.1, 0.15) is 5.75 Å². The Morgan fingerprint density at radius 3 is 2.62 bits per heavy atom. The number of pyridine rings is 1. The first kappa shape index (κ1) is 17.0. The van der Waals surface area contributed by atoms with Crippen molar-refractivity contribution < 1.29 is 23.2 Å². The third-order valence-electron chi connectivity index (χ3n) is 2.78. The minimum atomic E-state index is -3.09. The largest absolute Gasteiger partial charge is 0.434 e. The van der Waals surface area contributed by atoms with Crippen LogP contribution in [0.3, 0.4) is 0 Å². The number of rotatable bonds is 6. The molecule has 0 bridgehead atoms. The third-order valence-corrected chi connectivity index (χ3v) is 2.78. The molecule has 0 atom stereocenters. The second-order valence-electron chi connectivity index (χ2n) is 4.42. The Hall–Kier alpha value is -3.36. The molecule has 0 spiro atoms. The lowest BCUT2D eigenvalue weighted by molar-refractivity contribution is -0.384. The number of amides is 1. The number of nitro groups is 1. The zero-order valence-electron chi connectivity index (χ0n) is 12.1. The van der Waals surface area contributed by atoms with E-state index in [-0.39, 0.29) is 17.0 Å². The van der Waals surface area contributed by atoms with Crippen LogP contribution in [0.25, 0.3) is 6.08 Å². The lowest BCUT2D eigenvalue weighted by atomic mass is 10.1. The minimum absolute atomic E-state index is 0.0191. The topological polar surface area (TPSA) is 94.4 Å². The molecule has 1 N–H and O–H groups in total. The highest BCUT2D eigenvalue weighted by molar-refractivity contribution is 6.02. The number of hydrogen-bond donors (Lipinski definition) is 1. The first-order valence-electron chi connectivity index (χ1n) is 6.58. The minimum Gasteiger partial charge on any atom is -0.434 e. The van der Waals surface area contributed by atoms with Crippen LogP contribution in [0.5, 0.6) is 5.75 Å². The number of ether oxygens (including phenoxy) is 1. The summed E-state index contributed by atoms with van der Waals surface area (Å²) in [6, 6.07) is 6.24. The molecule has 0 aliphatic heterocycles.